The molecule has 0 fully saturated rings. The number of carbonyl (C=O) groups is 5. The number of nitrogens with zero attached hydrogens (tertiary/aromatic N) is 3. The molecule has 0 aliphatic carbocycles. The molecule has 16 heteroatoms. The van der Waals surface area contributed by atoms with E-state index in [2.05, 4.69) is 60.3 Å². The number of esters is 1. The van der Waals surface area contributed by atoms with Gasteiger partial charge in [-0.1, -0.05) is 26.0 Å². The number of pyridine rings is 1. The lowest BCUT2D eigenvalue weighted by molar-refractivity contribution is -0.129. The minimum absolute atomic E-state index is 0.185. The number of hydrogen-bond acceptors (Lipinski definition) is 10. The van der Waals surface area contributed by atoms with Crippen LogP contribution in [0.25, 0.3) is 22.9 Å². The van der Waals surface area contributed by atoms with Gasteiger partial charge in [-0.25, -0.2) is 14.6 Å². The molecule has 0 radical (unpaired) electrons. The molecule has 6 rings (SSSR count). The van der Waals surface area contributed by atoms with Crippen LogP contribution in [0.3, 0.4) is 0 Å². The van der Waals surface area contributed by atoms with E-state index in [1.807, 2.05) is 31.4 Å². The summed E-state index contributed by atoms with van der Waals surface area (Å²) in [7, 11) is 0. The van der Waals surface area contributed by atoms with Crippen molar-refractivity contribution in [3.8, 4) is 17.0 Å². The fourth-order valence-electron chi connectivity index (χ4n) is 6.23. The SMILES string of the molecule is CCN(CC)CCNC(=O)c1c(C)[nH]c(/C=C2\C(=O)Nc3ccc(NC(=O)/C=C\C(=O)Oc4ccc(CNC(=O)Nc5nc(-c6ccncc6)cs5)cc4)cc32)c1C. The highest BCUT2D eigenvalue weighted by atomic mass is 32.1. The average Bonchev–Trinajstić information content (AvgIpc) is 3.89. The van der Waals surface area contributed by atoms with Gasteiger partial charge in [0.05, 0.1) is 16.8 Å². The Balaban J connectivity index is 0.992. The number of aromatic nitrogens is 3. The predicted octanol–water partition coefficient (Wildman–Crippen LogP) is 6.14. The molecule has 4 heterocycles. The molecule has 1 aliphatic heterocycles. The summed E-state index contributed by atoms with van der Waals surface area (Å²) in [6.45, 7) is 11.1. The third kappa shape index (κ3) is 10.3. The predicted molar refractivity (Wildman–Crippen MR) is 224 cm³/mol. The first-order chi connectivity index (χ1) is 28.0. The van der Waals surface area contributed by atoms with Gasteiger partial charge in [-0.2, -0.15) is 0 Å². The zero-order chi connectivity index (χ0) is 41.2. The van der Waals surface area contributed by atoms with Gasteiger partial charge in [0.15, 0.2) is 5.13 Å². The number of ether oxygens (including phenoxy) is 1. The summed E-state index contributed by atoms with van der Waals surface area (Å²) >= 11 is 1.31. The Morgan fingerprint density at radius 1 is 0.931 bits per heavy atom. The monoisotopic (exact) mass is 801 g/mol. The van der Waals surface area contributed by atoms with Crippen LogP contribution in [-0.2, 0) is 20.9 Å². The van der Waals surface area contributed by atoms with Crippen molar-refractivity contribution in [3.63, 3.8) is 0 Å². The molecule has 3 aromatic heterocycles. The maximum Gasteiger partial charge on any atom is 0.336 e. The molecule has 15 nitrogen and oxygen atoms in total. The van der Waals surface area contributed by atoms with Crippen LogP contribution in [0.1, 0.15) is 52.3 Å². The summed E-state index contributed by atoms with van der Waals surface area (Å²) in [4.78, 5) is 77.7. The second kappa shape index (κ2) is 18.8. The van der Waals surface area contributed by atoms with E-state index in [1.165, 1.54) is 11.3 Å². The van der Waals surface area contributed by atoms with Crippen LogP contribution in [0.15, 0.2) is 84.5 Å². The molecule has 0 saturated heterocycles. The minimum atomic E-state index is -0.766. The first-order valence-electron chi connectivity index (χ1n) is 18.6. The van der Waals surface area contributed by atoms with E-state index in [1.54, 1.807) is 60.9 Å². The largest absolute Gasteiger partial charge is 0.423 e. The topological polar surface area (TPSA) is 200 Å². The number of urea groups is 1. The molecule has 1 aliphatic rings. The lowest BCUT2D eigenvalue weighted by Gasteiger charge is -2.18. The highest BCUT2D eigenvalue weighted by Gasteiger charge is 2.26. The van der Waals surface area contributed by atoms with Crippen LogP contribution in [0.5, 0.6) is 5.75 Å². The molecule has 5 amide bonds. The number of H-pyrrole nitrogens is 1. The first kappa shape index (κ1) is 40.7. The number of amides is 5. The summed E-state index contributed by atoms with van der Waals surface area (Å²) in [5.41, 5.74) is 6.85. The normalized spacial score (nSPS) is 12.7. The van der Waals surface area contributed by atoms with Crippen molar-refractivity contribution in [1.82, 2.24) is 30.5 Å². The van der Waals surface area contributed by atoms with E-state index >= 15 is 0 Å². The van der Waals surface area contributed by atoms with Gasteiger partial charge >= 0.3 is 12.0 Å². The van der Waals surface area contributed by atoms with Gasteiger partial charge in [-0.3, -0.25) is 24.7 Å². The maximum absolute atomic E-state index is 13.1. The second-order valence-electron chi connectivity index (χ2n) is 13.2. The Kier molecular flexibility index (Phi) is 13.2. The number of carbonyl (C=O) groups excluding carboxylic acids is 5. The fourth-order valence-corrected chi connectivity index (χ4v) is 6.95. The summed E-state index contributed by atoms with van der Waals surface area (Å²) < 4.78 is 5.33. The Labute approximate surface area is 339 Å². The molecule has 298 valence electrons. The Morgan fingerprint density at radius 3 is 2.43 bits per heavy atom. The molecule has 0 bridgehead atoms. The number of benzene rings is 2. The molecular weight excluding hydrogens is 759 g/mol. The summed E-state index contributed by atoms with van der Waals surface area (Å²) in [6, 6.07) is 14.8. The third-order valence-corrected chi connectivity index (χ3v) is 10.1. The van der Waals surface area contributed by atoms with Crippen molar-refractivity contribution in [1.29, 1.82) is 0 Å². The van der Waals surface area contributed by atoms with Gasteiger partial charge in [0.1, 0.15) is 5.75 Å². The first-order valence-corrected chi connectivity index (χ1v) is 19.5. The number of aromatic amines is 1. The van der Waals surface area contributed by atoms with Gasteiger partial charge in [-0.05, 0) is 86.6 Å². The number of nitrogens with one attached hydrogen (secondary N) is 6. The molecule has 2 aromatic carbocycles. The standard InChI is InChI=1S/C42H43N9O6S/c1-5-51(6-2)20-19-44-40(55)38-25(3)34(46-26(38)4)22-32-31-21-29(9-12-33(31)48-39(32)54)47-36(52)13-14-37(53)57-30-10-7-27(8-11-30)23-45-41(56)50-42-49-35(24-58-42)28-15-17-43-18-16-28/h7-18,21-22,24,46H,5-6,19-20,23H2,1-4H3,(H,44,55)(H,47,52)(H,48,54)(H2,45,49,50,56)/b14-13-,32-22-. The van der Waals surface area contributed by atoms with E-state index < -0.39 is 17.9 Å². The van der Waals surface area contributed by atoms with E-state index in [0.29, 0.717) is 56.7 Å². The Hall–Kier alpha value is -6.91. The smallest absolute Gasteiger partial charge is 0.336 e. The third-order valence-electron chi connectivity index (χ3n) is 9.34. The Bertz CT molecular complexity index is 2380. The summed E-state index contributed by atoms with van der Waals surface area (Å²) in [5.74, 6) is -1.61. The highest BCUT2D eigenvalue weighted by molar-refractivity contribution is 7.14. The number of fused-ring (bicyclic) bond motifs is 1. The molecule has 0 atom stereocenters. The zero-order valence-corrected chi connectivity index (χ0v) is 33.2. The van der Waals surface area contributed by atoms with Crippen molar-refractivity contribution in [3.05, 3.63) is 118 Å². The van der Waals surface area contributed by atoms with Crippen LogP contribution in [0.4, 0.5) is 21.3 Å². The maximum atomic E-state index is 13.1. The number of rotatable bonds is 15. The van der Waals surface area contributed by atoms with Crippen molar-refractivity contribution < 1.29 is 28.7 Å². The highest BCUT2D eigenvalue weighted by Crippen LogP contribution is 2.36. The number of aryl methyl sites for hydroxylation is 1. The van der Waals surface area contributed by atoms with Crippen molar-refractivity contribution in [2.45, 2.75) is 34.2 Å². The number of likely N-dealkylation sites (N-methyl/N-ethyl adjacent to an activating group) is 1. The minimum Gasteiger partial charge on any atom is -0.423 e. The molecule has 0 spiro atoms. The molecule has 58 heavy (non-hydrogen) atoms. The average molecular weight is 802 g/mol. The van der Waals surface area contributed by atoms with Gasteiger partial charge in [0, 0.05) is 83.4 Å². The van der Waals surface area contributed by atoms with Crippen molar-refractivity contribution in [2.75, 3.05) is 42.1 Å². The number of thiazole rings is 1. The molecule has 6 N–H and O–H groups in total. The lowest BCUT2D eigenvalue weighted by Crippen LogP contribution is -2.35. The van der Waals surface area contributed by atoms with Gasteiger partial charge in [0.2, 0.25) is 5.91 Å². The van der Waals surface area contributed by atoms with Crippen molar-refractivity contribution in [2.24, 2.45) is 0 Å². The van der Waals surface area contributed by atoms with Gasteiger partial charge in [-0.15, -0.1) is 11.3 Å². The lowest BCUT2D eigenvalue weighted by atomic mass is 10.0. The van der Waals surface area contributed by atoms with E-state index in [9.17, 15) is 24.0 Å². The summed E-state index contributed by atoms with van der Waals surface area (Å²) in [6.07, 6.45) is 7.10. The second-order valence-corrected chi connectivity index (χ2v) is 14.0. The fraction of sp³-hybridized carbons (Fsp3) is 0.214. The van der Waals surface area contributed by atoms with E-state index in [0.717, 1.165) is 48.6 Å². The van der Waals surface area contributed by atoms with Crippen LogP contribution in [-0.4, -0.2) is 75.8 Å². The molecule has 0 saturated carbocycles. The van der Waals surface area contributed by atoms with Crippen LogP contribution >= 0.6 is 11.3 Å². The van der Waals surface area contributed by atoms with Gasteiger partial charge < -0.3 is 35.9 Å². The van der Waals surface area contributed by atoms with E-state index in [-0.39, 0.29) is 24.1 Å². The number of anilines is 3. The Morgan fingerprint density at radius 2 is 1.69 bits per heavy atom. The molecule has 5 aromatic rings. The van der Waals surface area contributed by atoms with Crippen LogP contribution in [0, 0.1) is 13.8 Å². The van der Waals surface area contributed by atoms with E-state index in [4.69, 9.17) is 4.74 Å². The van der Waals surface area contributed by atoms with Crippen LogP contribution < -0.4 is 31.3 Å². The van der Waals surface area contributed by atoms with Crippen LogP contribution in [0.2, 0.25) is 0 Å². The molecule has 0 unspecified atom stereocenters. The zero-order valence-electron chi connectivity index (χ0n) is 32.4. The number of hydrogen-bond donors (Lipinski definition) is 6. The molecular formula is C42H43N9O6S. The quantitative estimate of drug-likeness (QED) is 0.0409. The van der Waals surface area contributed by atoms with Crippen molar-refractivity contribution >= 4 is 69.2 Å². The summed E-state index contributed by atoms with van der Waals surface area (Å²) in [5, 5.41) is 16.3. The van der Waals surface area contributed by atoms with Gasteiger partial charge in [0.25, 0.3) is 11.8 Å².